The maximum Gasteiger partial charge on any atom is 0.239 e. The van der Waals surface area contributed by atoms with E-state index in [1.807, 2.05) is 4.90 Å². The molecule has 0 radical (unpaired) electrons. The second-order valence-corrected chi connectivity index (χ2v) is 5.06. The lowest BCUT2D eigenvalue weighted by Gasteiger charge is -2.31. The third-order valence-electron chi connectivity index (χ3n) is 3.94. The van der Waals surface area contributed by atoms with Gasteiger partial charge in [0.1, 0.15) is 0 Å². The van der Waals surface area contributed by atoms with Crippen LogP contribution in [0.3, 0.4) is 0 Å². The fourth-order valence-electron chi connectivity index (χ4n) is 2.52. The minimum absolute atomic E-state index is 0.0815. The van der Waals surface area contributed by atoms with E-state index >= 15 is 0 Å². The van der Waals surface area contributed by atoms with E-state index in [0.29, 0.717) is 11.8 Å². The van der Waals surface area contributed by atoms with E-state index in [1.165, 1.54) is 25.7 Å². The molecule has 0 saturated carbocycles. The zero-order valence-electron chi connectivity index (χ0n) is 11.7. The van der Waals surface area contributed by atoms with Crippen LogP contribution in [0.1, 0.15) is 52.9 Å². The van der Waals surface area contributed by atoms with E-state index in [0.717, 1.165) is 26.1 Å². The lowest BCUT2D eigenvalue weighted by Crippen LogP contribution is -2.49. The Morgan fingerprint density at radius 2 is 2.00 bits per heavy atom. The van der Waals surface area contributed by atoms with Crippen LogP contribution in [0, 0.1) is 5.92 Å². The summed E-state index contributed by atoms with van der Waals surface area (Å²) >= 11 is 0. The van der Waals surface area contributed by atoms with Gasteiger partial charge >= 0.3 is 0 Å². The molecule has 1 aliphatic rings. The molecule has 0 unspecified atom stereocenters. The Morgan fingerprint density at radius 1 is 1.29 bits per heavy atom. The highest BCUT2D eigenvalue weighted by Gasteiger charge is 2.25. The van der Waals surface area contributed by atoms with Gasteiger partial charge < -0.3 is 10.2 Å². The van der Waals surface area contributed by atoms with E-state index in [-0.39, 0.29) is 6.04 Å². The number of hydrogen-bond donors (Lipinski definition) is 1. The summed E-state index contributed by atoms with van der Waals surface area (Å²) in [6, 6.07) is 0.0815. The van der Waals surface area contributed by atoms with Gasteiger partial charge in [-0.1, -0.05) is 33.1 Å². The van der Waals surface area contributed by atoms with Gasteiger partial charge in [0.25, 0.3) is 0 Å². The minimum atomic E-state index is 0.0815. The van der Waals surface area contributed by atoms with Crippen LogP contribution in [0.5, 0.6) is 0 Å². The molecule has 1 heterocycles. The third kappa shape index (κ3) is 4.30. The molecule has 17 heavy (non-hydrogen) atoms. The van der Waals surface area contributed by atoms with Crippen molar-refractivity contribution in [3.63, 3.8) is 0 Å². The molecule has 0 spiro atoms. The highest BCUT2D eigenvalue weighted by Crippen LogP contribution is 2.14. The average molecular weight is 240 g/mol. The highest BCUT2D eigenvalue weighted by molar-refractivity contribution is 5.82. The van der Waals surface area contributed by atoms with Gasteiger partial charge in [0.2, 0.25) is 5.91 Å². The lowest BCUT2D eigenvalue weighted by atomic mass is 10.0. The fraction of sp³-hybridized carbons (Fsp3) is 0.929. The average Bonchev–Trinajstić information content (AvgIpc) is 2.40. The van der Waals surface area contributed by atoms with Gasteiger partial charge in [0.05, 0.1) is 6.04 Å². The summed E-state index contributed by atoms with van der Waals surface area (Å²) in [7, 11) is 0. The predicted octanol–water partition coefficient (Wildman–Crippen LogP) is 2.41. The number of piperidine rings is 1. The number of likely N-dealkylation sites (N-methyl/N-ethyl adjacent to an activating group) is 1. The van der Waals surface area contributed by atoms with Crippen LogP contribution in [0.4, 0.5) is 0 Å². The first-order valence-corrected chi connectivity index (χ1v) is 7.25. The van der Waals surface area contributed by atoms with Gasteiger partial charge in [-0.25, -0.2) is 0 Å². The predicted molar refractivity (Wildman–Crippen MR) is 72.0 cm³/mol. The molecule has 1 rings (SSSR count). The van der Waals surface area contributed by atoms with Gasteiger partial charge in [0, 0.05) is 13.1 Å². The van der Waals surface area contributed by atoms with Crippen LogP contribution in [-0.2, 0) is 4.79 Å². The summed E-state index contributed by atoms with van der Waals surface area (Å²) in [5.41, 5.74) is 0. The number of hydrogen-bond acceptors (Lipinski definition) is 2. The lowest BCUT2D eigenvalue weighted by molar-refractivity contribution is -0.134. The number of nitrogens with zero attached hydrogens (tertiary/aromatic N) is 1. The van der Waals surface area contributed by atoms with Crippen molar-refractivity contribution < 1.29 is 4.79 Å². The van der Waals surface area contributed by atoms with Gasteiger partial charge in [-0.05, 0) is 32.2 Å². The smallest absolute Gasteiger partial charge is 0.239 e. The molecule has 100 valence electrons. The largest absolute Gasteiger partial charge is 0.341 e. The van der Waals surface area contributed by atoms with Crippen molar-refractivity contribution in [2.24, 2.45) is 5.92 Å². The molecule has 1 saturated heterocycles. The molecule has 1 atom stereocenters. The van der Waals surface area contributed by atoms with Gasteiger partial charge in [-0.15, -0.1) is 0 Å². The summed E-state index contributed by atoms with van der Waals surface area (Å²) in [5, 5.41) is 3.35. The second-order valence-electron chi connectivity index (χ2n) is 5.06. The molecule has 1 N–H and O–H groups in total. The van der Waals surface area contributed by atoms with Gasteiger partial charge in [0.15, 0.2) is 0 Å². The Hall–Kier alpha value is -0.570. The van der Waals surface area contributed by atoms with Crippen molar-refractivity contribution in [1.29, 1.82) is 0 Å². The summed E-state index contributed by atoms with van der Waals surface area (Å²) in [6.45, 7) is 9.28. The number of rotatable bonds is 6. The molecule has 1 aliphatic heterocycles. The Balaban J connectivity index is 2.50. The van der Waals surface area contributed by atoms with Gasteiger partial charge in [-0.2, -0.15) is 0 Å². The van der Waals surface area contributed by atoms with Crippen LogP contribution in [-0.4, -0.2) is 36.5 Å². The second kappa shape index (κ2) is 7.70. The quantitative estimate of drug-likeness (QED) is 0.773. The van der Waals surface area contributed by atoms with E-state index in [1.54, 1.807) is 0 Å². The Morgan fingerprint density at radius 3 is 2.47 bits per heavy atom. The summed E-state index contributed by atoms with van der Waals surface area (Å²) in [6.07, 6.45) is 5.74. The summed E-state index contributed by atoms with van der Waals surface area (Å²) in [4.78, 5) is 14.4. The van der Waals surface area contributed by atoms with Gasteiger partial charge in [-0.3, -0.25) is 4.79 Å². The van der Waals surface area contributed by atoms with E-state index in [2.05, 4.69) is 26.1 Å². The Labute approximate surface area is 106 Å². The molecule has 0 aromatic rings. The van der Waals surface area contributed by atoms with Crippen LogP contribution >= 0.6 is 0 Å². The third-order valence-corrected chi connectivity index (χ3v) is 3.94. The molecule has 0 bridgehead atoms. The Kier molecular flexibility index (Phi) is 6.56. The molecule has 1 fully saturated rings. The molecule has 0 aliphatic carbocycles. The molecule has 1 amide bonds. The molecule has 3 heteroatoms. The van der Waals surface area contributed by atoms with E-state index < -0.39 is 0 Å². The van der Waals surface area contributed by atoms with Crippen LogP contribution < -0.4 is 5.32 Å². The van der Waals surface area contributed by atoms with Crippen molar-refractivity contribution in [3.05, 3.63) is 0 Å². The fourth-order valence-corrected chi connectivity index (χ4v) is 2.52. The summed E-state index contributed by atoms with van der Waals surface area (Å²) in [5.74, 6) is 0.974. The normalized spacial score (nSPS) is 20.6. The Bertz CT molecular complexity index is 220. The maximum absolute atomic E-state index is 12.4. The first-order chi connectivity index (χ1) is 8.22. The van der Waals surface area contributed by atoms with Crippen LogP contribution in [0.2, 0.25) is 0 Å². The van der Waals surface area contributed by atoms with Crippen LogP contribution in [0.25, 0.3) is 0 Å². The topological polar surface area (TPSA) is 32.3 Å². The van der Waals surface area contributed by atoms with Crippen molar-refractivity contribution in [2.45, 2.75) is 58.9 Å². The summed E-state index contributed by atoms with van der Waals surface area (Å²) < 4.78 is 0. The van der Waals surface area contributed by atoms with E-state index in [4.69, 9.17) is 0 Å². The maximum atomic E-state index is 12.4. The molecule has 0 aromatic heterocycles. The first kappa shape index (κ1) is 14.5. The monoisotopic (exact) mass is 240 g/mol. The zero-order chi connectivity index (χ0) is 12.7. The number of amides is 1. The van der Waals surface area contributed by atoms with Crippen molar-refractivity contribution in [2.75, 3.05) is 19.6 Å². The molecule has 0 aromatic carbocycles. The van der Waals surface area contributed by atoms with Crippen molar-refractivity contribution in [3.8, 4) is 0 Å². The highest BCUT2D eigenvalue weighted by atomic mass is 16.2. The van der Waals surface area contributed by atoms with Crippen molar-refractivity contribution >= 4 is 5.91 Å². The molecular weight excluding hydrogens is 212 g/mol. The van der Waals surface area contributed by atoms with Crippen molar-refractivity contribution in [1.82, 2.24) is 10.2 Å². The number of carbonyl (C=O) groups is 1. The first-order valence-electron chi connectivity index (χ1n) is 7.25. The number of carbonyl (C=O) groups excluding carboxylic acids is 1. The minimum Gasteiger partial charge on any atom is -0.341 e. The molecule has 3 nitrogen and oxygen atoms in total. The number of nitrogens with one attached hydrogen (secondary N) is 1. The zero-order valence-corrected chi connectivity index (χ0v) is 11.7. The molecular formula is C14H28N2O. The van der Waals surface area contributed by atoms with E-state index in [9.17, 15) is 4.79 Å². The SMILES string of the molecule is CCC(CC)CN(CC)C(=O)[C@@H]1CCCCN1. The van der Waals surface area contributed by atoms with Crippen LogP contribution in [0.15, 0.2) is 0 Å². The standard InChI is InChI=1S/C14H28N2O/c1-4-12(5-2)11-16(6-3)14(17)13-9-7-8-10-15-13/h12-13,15H,4-11H2,1-3H3/t13-/m0/s1.